The Morgan fingerprint density at radius 3 is 3.20 bits per heavy atom. The molecule has 0 saturated carbocycles. The standard InChI is InChI=1S/C11H13N3O/c1-3-4-14-11(7-15)9-6-12-8(2)5-10(9)13-14/h3,6-8H,1,4-5H2,2H3/t8-/m1/s1. The van der Waals surface area contributed by atoms with Gasteiger partial charge in [0.05, 0.1) is 18.3 Å². The highest BCUT2D eigenvalue weighted by molar-refractivity contribution is 5.93. The average molecular weight is 203 g/mol. The summed E-state index contributed by atoms with van der Waals surface area (Å²) >= 11 is 0. The van der Waals surface area contributed by atoms with E-state index in [9.17, 15) is 4.79 Å². The molecule has 0 bridgehead atoms. The van der Waals surface area contributed by atoms with Crippen molar-refractivity contribution in [1.29, 1.82) is 0 Å². The molecule has 4 heteroatoms. The molecule has 0 amide bonds. The minimum absolute atomic E-state index is 0.254. The lowest BCUT2D eigenvalue weighted by atomic mass is 10.1. The van der Waals surface area contributed by atoms with E-state index in [0.717, 1.165) is 24.0 Å². The Morgan fingerprint density at radius 2 is 2.53 bits per heavy atom. The van der Waals surface area contributed by atoms with Crippen molar-refractivity contribution in [3.8, 4) is 0 Å². The molecule has 78 valence electrons. The number of nitrogens with zero attached hydrogens (tertiary/aromatic N) is 3. The first-order chi connectivity index (χ1) is 7.26. The molecule has 15 heavy (non-hydrogen) atoms. The molecule has 4 nitrogen and oxygen atoms in total. The van der Waals surface area contributed by atoms with Gasteiger partial charge in [0, 0.05) is 18.2 Å². The summed E-state index contributed by atoms with van der Waals surface area (Å²) in [6.07, 6.45) is 5.11. The van der Waals surface area contributed by atoms with Gasteiger partial charge in [0.1, 0.15) is 5.69 Å². The quantitative estimate of drug-likeness (QED) is 0.548. The van der Waals surface area contributed by atoms with Crippen molar-refractivity contribution in [3.05, 3.63) is 29.6 Å². The predicted octanol–water partition coefficient (Wildman–Crippen LogP) is 1.25. The Hall–Kier alpha value is -1.71. The first-order valence-electron chi connectivity index (χ1n) is 4.95. The molecule has 2 rings (SSSR count). The maximum Gasteiger partial charge on any atom is 0.168 e. The van der Waals surface area contributed by atoms with E-state index in [0.29, 0.717) is 12.2 Å². The van der Waals surface area contributed by atoms with E-state index in [1.165, 1.54) is 0 Å². The molecule has 0 aliphatic carbocycles. The smallest absolute Gasteiger partial charge is 0.168 e. The summed E-state index contributed by atoms with van der Waals surface area (Å²) in [5.74, 6) is 0. The molecule has 1 aromatic rings. The zero-order valence-corrected chi connectivity index (χ0v) is 8.68. The van der Waals surface area contributed by atoms with Crippen molar-refractivity contribution >= 4 is 12.5 Å². The van der Waals surface area contributed by atoms with Gasteiger partial charge in [-0.2, -0.15) is 5.10 Å². The van der Waals surface area contributed by atoms with Crippen LogP contribution in [0, 0.1) is 0 Å². The molecule has 0 saturated heterocycles. The second-order valence-electron chi connectivity index (χ2n) is 3.67. The molecule has 0 radical (unpaired) electrons. The van der Waals surface area contributed by atoms with Gasteiger partial charge in [0.15, 0.2) is 6.29 Å². The maximum atomic E-state index is 11.0. The number of aldehydes is 1. The molecule has 1 atom stereocenters. The van der Waals surface area contributed by atoms with E-state index in [2.05, 4.69) is 16.7 Å². The second-order valence-corrected chi connectivity index (χ2v) is 3.67. The molecule has 0 N–H and O–H groups in total. The van der Waals surface area contributed by atoms with E-state index in [4.69, 9.17) is 0 Å². The Balaban J connectivity index is 2.49. The van der Waals surface area contributed by atoms with E-state index in [-0.39, 0.29) is 6.04 Å². The largest absolute Gasteiger partial charge is 0.296 e. The zero-order chi connectivity index (χ0) is 10.8. The third kappa shape index (κ3) is 1.63. The van der Waals surface area contributed by atoms with Gasteiger partial charge in [0.25, 0.3) is 0 Å². The molecule has 0 fully saturated rings. The van der Waals surface area contributed by atoms with Crippen molar-refractivity contribution in [1.82, 2.24) is 9.78 Å². The first-order valence-corrected chi connectivity index (χ1v) is 4.95. The second kappa shape index (κ2) is 3.81. The van der Waals surface area contributed by atoms with E-state index >= 15 is 0 Å². The average Bonchev–Trinajstić information content (AvgIpc) is 2.54. The number of carbonyl (C=O) groups excluding carboxylic acids is 1. The number of carbonyl (C=O) groups is 1. The third-order valence-corrected chi connectivity index (χ3v) is 2.47. The molecule has 1 aliphatic heterocycles. The number of fused-ring (bicyclic) bond motifs is 1. The first kappa shape index (κ1) is 9.83. The van der Waals surface area contributed by atoms with Crippen molar-refractivity contribution < 1.29 is 4.79 Å². The van der Waals surface area contributed by atoms with Crippen LogP contribution >= 0.6 is 0 Å². The summed E-state index contributed by atoms with van der Waals surface area (Å²) in [5.41, 5.74) is 2.42. The van der Waals surface area contributed by atoms with Gasteiger partial charge in [0.2, 0.25) is 0 Å². The third-order valence-electron chi connectivity index (χ3n) is 2.47. The molecule has 1 aliphatic rings. The number of hydrogen-bond acceptors (Lipinski definition) is 3. The highest BCUT2D eigenvalue weighted by atomic mass is 16.1. The van der Waals surface area contributed by atoms with Gasteiger partial charge in [-0.25, -0.2) is 0 Å². The lowest BCUT2D eigenvalue weighted by molar-refractivity contribution is 0.111. The number of aromatic nitrogens is 2. The summed E-state index contributed by atoms with van der Waals surface area (Å²) in [7, 11) is 0. The number of hydrogen-bond donors (Lipinski definition) is 0. The fourth-order valence-electron chi connectivity index (χ4n) is 1.75. The van der Waals surface area contributed by atoms with Crippen LogP contribution in [0.15, 0.2) is 17.6 Å². The van der Waals surface area contributed by atoms with Crippen molar-refractivity contribution in [2.45, 2.75) is 25.9 Å². The normalized spacial score (nSPS) is 18.6. The van der Waals surface area contributed by atoms with Crippen molar-refractivity contribution in [2.24, 2.45) is 4.99 Å². The van der Waals surface area contributed by atoms with Crippen LogP contribution in [0.1, 0.15) is 28.7 Å². The number of aliphatic imine (C=N–C) groups is 1. The van der Waals surface area contributed by atoms with Gasteiger partial charge >= 0.3 is 0 Å². The fraction of sp³-hybridized carbons (Fsp3) is 0.364. The SMILES string of the molecule is C=CCn1nc2c(c1C=O)C=N[C@H](C)C2. The minimum Gasteiger partial charge on any atom is -0.296 e. The van der Waals surface area contributed by atoms with Gasteiger partial charge in [-0.05, 0) is 6.92 Å². The Kier molecular flexibility index (Phi) is 2.49. The molecule has 2 heterocycles. The summed E-state index contributed by atoms with van der Waals surface area (Å²) < 4.78 is 1.68. The van der Waals surface area contributed by atoms with E-state index < -0.39 is 0 Å². The topological polar surface area (TPSA) is 47.2 Å². The van der Waals surface area contributed by atoms with Gasteiger partial charge in [-0.1, -0.05) is 6.08 Å². The molecule has 0 unspecified atom stereocenters. The molecular weight excluding hydrogens is 190 g/mol. The highest BCUT2D eigenvalue weighted by Crippen LogP contribution is 2.18. The van der Waals surface area contributed by atoms with E-state index in [1.807, 2.05) is 6.92 Å². The summed E-state index contributed by atoms with van der Waals surface area (Å²) in [6, 6.07) is 0.254. The van der Waals surface area contributed by atoms with Crippen LogP contribution in [0.5, 0.6) is 0 Å². The van der Waals surface area contributed by atoms with Gasteiger partial charge < -0.3 is 0 Å². The summed E-state index contributed by atoms with van der Waals surface area (Å²) in [4.78, 5) is 15.3. The molecule has 0 spiro atoms. The van der Waals surface area contributed by atoms with Crippen LogP contribution in [-0.2, 0) is 13.0 Å². The number of rotatable bonds is 3. The predicted molar refractivity (Wildman–Crippen MR) is 58.6 cm³/mol. The van der Waals surface area contributed by atoms with Crippen LogP contribution in [0.4, 0.5) is 0 Å². The molecule has 1 aromatic heterocycles. The van der Waals surface area contributed by atoms with Crippen LogP contribution in [0.2, 0.25) is 0 Å². The van der Waals surface area contributed by atoms with Crippen molar-refractivity contribution in [3.63, 3.8) is 0 Å². The zero-order valence-electron chi connectivity index (χ0n) is 8.68. The lowest BCUT2D eigenvalue weighted by Gasteiger charge is -2.09. The minimum atomic E-state index is 0.254. The highest BCUT2D eigenvalue weighted by Gasteiger charge is 2.20. The van der Waals surface area contributed by atoms with Crippen LogP contribution < -0.4 is 0 Å². The monoisotopic (exact) mass is 203 g/mol. The van der Waals surface area contributed by atoms with Gasteiger partial charge in [-0.15, -0.1) is 6.58 Å². The maximum absolute atomic E-state index is 11.0. The molecule has 0 aromatic carbocycles. The van der Waals surface area contributed by atoms with Crippen LogP contribution in [0.25, 0.3) is 0 Å². The number of allylic oxidation sites excluding steroid dienone is 1. The summed E-state index contributed by atoms with van der Waals surface area (Å²) in [5, 5.41) is 4.38. The van der Waals surface area contributed by atoms with E-state index in [1.54, 1.807) is 17.0 Å². The molecular formula is C11H13N3O. The van der Waals surface area contributed by atoms with Crippen LogP contribution in [-0.4, -0.2) is 28.3 Å². The summed E-state index contributed by atoms with van der Waals surface area (Å²) in [6.45, 7) is 6.24. The fourth-order valence-corrected chi connectivity index (χ4v) is 1.75. The van der Waals surface area contributed by atoms with Crippen molar-refractivity contribution in [2.75, 3.05) is 0 Å². The lowest BCUT2D eigenvalue weighted by Crippen LogP contribution is -2.11. The van der Waals surface area contributed by atoms with Crippen LogP contribution in [0.3, 0.4) is 0 Å². The van der Waals surface area contributed by atoms with Gasteiger partial charge in [-0.3, -0.25) is 14.5 Å². The Bertz CT molecular complexity index is 431. The Labute approximate surface area is 88.3 Å². The Morgan fingerprint density at radius 1 is 1.73 bits per heavy atom.